The van der Waals surface area contributed by atoms with Gasteiger partial charge in [-0.3, -0.25) is 0 Å². The molecule has 0 bridgehead atoms. The SMILES string of the molecule is C1=CCc2cccc(-c3ccc(N(c4ccc(-c5ccc(-c6ccccc6)c(-c6ccc7sc8ccccc8c7c6)c5)cc4)c4cccc(-c5ccccc5)c4)cc3)c2C=C1. The molecule has 1 nitrogen and oxygen atoms in total. The first-order valence-corrected chi connectivity index (χ1v) is 21.8. The number of rotatable bonds is 8. The van der Waals surface area contributed by atoms with Crippen LogP contribution in [0, 0.1) is 0 Å². The van der Waals surface area contributed by atoms with Crippen LogP contribution in [-0.2, 0) is 6.42 Å². The molecular formula is C59H41NS. The van der Waals surface area contributed by atoms with E-state index in [0.717, 1.165) is 23.5 Å². The van der Waals surface area contributed by atoms with Gasteiger partial charge < -0.3 is 4.90 Å². The summed E-state index contributed by atoms with van der Waals surface area (Å²) >= 11 is 1.86. The van der Waals surface area contributed by atoms with Gasteiger partial charge in [0.1, 0.15) is 0 Å². The molecule has 0 atom stereocenters. The van der Waals surface area contributed by atoms with E-state index in [9.17, 15) is 0 Å². The lowest BCUT2D eigenvalue weighted by Crippen LogP contribution is -2.10. The average Bonchev–Trinajstić information content (AvgIpc) is 3.53. The molecule has 1 aromatic heterocycles. The van der Waals surface area contributed by atoms with E-state index in [-0.39, 0.29) is 0 Å². The maximum absolute atomic E-state index is 2.39. The topological polar surface area (TPSA) is 3.24 Å². The number of hydrogen-bond donors (Lipinski definition) is 0. The van der Waals surface area contributed by atoms with Crippen molar-refractivity contribution in [2.24, 2.45) is 0 Å². The summed E-state index contributed by atoms with van der Waals surface area (Å²) in [5, 5.41) is 2.62. The summed E-state index contributed by atoms with van der Waals surface area (Å²) in [5.74, 6) is 0. The van der Waals surface area contributed by atoms with E-state index in [2.05, 4.69) is 242 Å². The molecular weight excluding hydrogens is 755 g/mol. The molecule has 0 unspecified atom stereocenters. The third kappa shape index (κ3) is 7.08. The van der Waals surface area contributed by atoms with Crippen LogP contribution in [0.3, 0.4) is 0 Å². The summed E-state index contributed by atoms with van der Waals surface area (Å²) in [7, 11) is 0. The van der Waals surface area contributed by atoms with Crippen molar-refractivity contribution in [1.29, 1.82) is 0 Å². The maximum Gasteiger partial charge on any atom is 0.0467 e. The summed E-state index contributed by atoms with van der Waals surface area (Å²) in [6.07, 6.45) is 9.71. The van der Waals surface area contributed by atoms with Crippen molar-refractivity contribution in [2.75, 3.05) is 4.90 Å². The van der Waals surface area contributed by atoms with Gasteiger partial charge in [-0.05, 0) is 134 Å². The Morgan fingerprint density at radius 3 is 1.75 bits per heavy atom. The van der Waals surface area contributed by atoms with Crippen molar-refractivity contribution in [2.45, 2.75) is 6.42 Å². The highest BCUT2D eigenvalue weighted by atomic mass is 32.1. The molecule has 11 rings (SSSR count). The minimum absolute atomic E-state index is 0.941. The summed E-state index contributed by atoms with van der Waals surface area (Å²) in [6, 6.07) is 77.7. The third-order valence-corrected chi connectivity index (χ3v) is 13.1. The molecule has 2 heteroatoms. The predicted molar refractivity (Wildman–Crippen MR) is 263 cm³/mol. The number of nitrogens with zero attached hydrogens (tertiary/aromatic N) is 1. The van der Waals surface area contributed by atoms with Crippen molar-refractivity contribution >= 4 is 54.6 Å². The van der Waals surface area contributed by atoms with Crippen LogP contribution in [0.4, 0.5) is 17.1 Å². The van der Waals surface area contributed by atoms with Crippen molar-refractivity contribution in [3.8, 4) is 55.6 Å². The number of benzene rings is 9. The molecule has 1 aliphatic carbocycles. The van der Waals surface area contributed by atoms with Gasteiger partial charge in [-0.2, -0.15) is 0 Å². The molecule has 9 aromatic carbocycles. The molecule has 0 aliphatic heterocycles. The first kappa shape index (κ1) is 36.6. The second-order valence-corrected chi connectivity index (χ2v) is 16.7. The van der Waals surface area contributed by atoms with Crippen molar-refractivity contribution in [3.63, 3.8) is 0 Å². The van der Waals surface area contributed by atoms with E-state index in [1.54, 1.807) is 0 Å². The van der Waals surface area contributed by atoms with Gasteiger partial charge in [-0.25, -0.2) is 0 Å². The number of allylic oxidation sites excluding steroid dienone is 3. The monoisotopic (exact) mass is 795 g/mol. The van der Waals surface area contributed by atoms with E-state index in [1.807, 2.05) is 11.3 Å². The minimum atomic E-state index is 0.941. The van der Waals surface area contributed by atoms with Crippen molar-refractivity contribution < 1.29 is 0 Å². The van der Waals surface area contributed by atoms with Crippen LogP contribution in [0.25, 0.3) is 81.9 Å². The Kier molecular flexibility index (Phi) is 9.54. The Labute approximate surface area is 361 Å². The Morgan fingerprint density at radius 2 is 0.951 bits per heavy atom. The van der Waals surface area contributed by atoms with Gasteiger partial charge in [0.2, 0.25) is 0 Å². The highest BCUT2D eigenvalue weighted by Crippen LogP contribution is 2.42. The predicted octanol–water partition coefficient (Wildman–Crippen LogP) is 17.0. The van der Waals surface area contributed by atoms with E-state index in [0.29, 0.717) is 0 Å². The van der Waals surface area contributed by atoms with Gasteiger partial charge in [-0.15, -0.1) is 11.3 Å². The Morgan fingerprint density at radius 1 is 0.344 bits per heavy atom. The van der Waals surface area contributed by atoms with Crippen molar-refractivity contribution in [1.82, 2.24) is 0 Å². The highest BCUT2D eigenvalue weighted by Gasteiger charge is 2.17. The van der Waals surface area contributed by atoms with Crippen LogP contribution in [0.2, 0.25) is 0 Å². The molecule has 0 amide bonds. The van der Waals surface area contributed by atoms with Crippen LogP contribution in [0.1, 0.15) is 11.1 Å². The van der Waals surface area contributed by atoms with Crippen LogP contribution in [-0.4, -0.2) is 0 Å². The second-order valence-electron chi connectivity index (χ2n) is 15.7. The average molecular weight is 796 g/mol. The van der Waals surface area contributed by atoms with E-state index in [1.165, 1.54) is 86.9 Å². The molecule has 0 radical (unpaired) electrons. The fourth-order valence-electron chi connectivity index (χ4n) is 8.89. The Bertz CT molecular complexity index is 3240. The van der Waals surface area contributed by atoms with Gasteiger partial charge in [0.25, 0.3) is 0 Å². The lowest BCUT2D eigenvalue weighted by Gasteiger charge is -2.26. The summed E-state index contributed by atoms with van der Waals surface area (Å²) in [5.41, 5.74) is 18.1. The fourth-order valence-corrected chi connectivity index (χ4v) is 9.97. The molecule has 0 spiro atoms. The van der Waals surface area contributed by atoms with Crippen LogP contribution < -0.4 is 4.90 Å². The molecule has 288 valence electrons. The van der Waals surface area contributed by atoms with Crippen molar-refractivity contribution in [3.05, 3.63) is 242 Å². The molecule has 10 aromatic rings. The first-order valence-electron chi connectivity index (χ1n) is 21.0. The first-order chi connectivity index (χ1) is 30.2. The summed E-state index contributed by atoms with van der Waals surface area (Å²) in [6.45, 7) is 0. The lowest BCUT2D eigenvalue weighted by atomic mass is 9.90. The lowest BCUT2D eigenvalue weighted by molar-refractivity contribution is 1.26. The number of hydrogen-bond acceptors (Lipinski definition) is 2. The summed E-state index contributed by atoms with van der Waals surface area (Å²) < 4.78 is 2.64. The molecule has 1 aliphatic rings. The normalized spacial score (nSPS) is 12.1. The second kappa shape index (κ2) is 15.9. The van der Waals surface area contributed by atoms with Gasteiger partial charge in [-0.1, -0.05) is 176 Å². The molecule has 0 saturated heterocycles. The van der Waals surface area contributed by atoms with Gasteiger partial charge in [0.05, 0.1) is 0 Å². The molecule has 0 fully saturated rings. The standard InChI is InChI=1S/C59H41NS/c1-4-14-41(15-5-1)46-20-12-21-51(38-46)60(50-34-28-45(29-35-50)53-24-13-19-44-18-8-3-9-22-52(44)53)49-32-26-42(27-33-49)47-30-36-54(43-16-6-2-7-17-43)56(39-47)48-31-37-59-57(40-48)55-23-10-11-25-58(55)61-59/h1-17,19-40H,18H2. The zero-order valence-corrected chi connectivity index (χ0v) is 34.4. The van der Waals surface area contributed by atoms with Crippen LogP contribution >= 0.6 is 11.3 Å². The zero-order valence-electron chi connectivity index (χ0n) is 33.6. The van der Waals surface area contributed by atoms with E-state index >= 15 is 0 Å². The molecule has 1 heterocycles. The molecule has 0 N–H and O–H groups in total. The molecule has 0 saturated carbocycles. The molecule has 61 heavy (non-hydrogen) atoms. The van der Waals surface area contributed by atoms with Gasteiger partial charge in [0.15, 0.2) is 0 Å². The zero-order chi connectivity index (χ0) is 40.5. The van der Waals surface area contributed by atoms with Crippen LogP contribution in [0.15, 0.2) is 231 Å². The quantitative estimate of drug-likeness (QED) is 0.148. The fraction of sp³-hybridized carbons (Fsp3) is 0.0169. The Balaban J connectivity index is 0.995. The number of thiophene rings is 1. The summed E-state index contributed by atoms with van der Waals surface area (Å²) in [4.78, 5) is 2.37. The van der Waals surface area contributed by atoms with Crippen LogP contribution in [0.5, 0.6) is 0 Å². The van der Waals surface area contributed by atoms with Gasteiger partial charge >= 0.3 is 0 Å². The smallest absolute Gasteiger partial charge is 0.0467 e. The third-order valence-electron chi connectivity index (χ3n) is 11.9. The van der Waals surface area contributed by atoms with E-state index in [4.69, 9.17) is 0 Å². The van der Waals surface area contributed by atoms with E-state index < -0.39 is 0 Å². The number of fused-ring (bicyclic) bond motifs is 4. The Hall–Kier alpha value is -7.52. The maximum atomic E-state index is 2.39. The number of anilines is 3. The largest absolute Gasteiger partial charge is 0.310 e. The highest BCUT2D eigenvalue weighted by molar-refractivity contribution is 7.25. The minimum Gasteiger partial charge on any atom is -0.310 e. The van der Waals surface area contributed by atoms with Gasteiger partial charge in [0, 0.05) is 37.2 Å².